The first-order valence-electron chi connectivity index (χ1n) is 10.0. The Morgan fingerprint density at radius 3 is 0.875 bits per heavy atom. The summed E-state index contributed by atoms with van der Waals surface area (Å²) in [7, 11) is 0. The first kappa shape index (κ1) is 19.0. The van der Waals surface area contributed by atoms with E-state index in [2.05, 4.69) is 58.5 Å². The molecule has 2 heteroatoms. The Kier molecular flexibility index (Phi) is 5.20. The van der Waals surface area contributed by atoms with Gasteiger partial charge in [-0.1, -0.05) is 60.7 Å². The molecular weight excluding hydrogens is 388 g/mol. The van der Waals surface area contributed by atoms with Gasteiger partial charge in [-0.05, 0) is 72.8 Å². The highest BCUT2D eigenvalue weighted by Crippen LogP contribution is 2.07. The minimum atomic E-state index is 0.656. The third kappa shape index (κ3) is 4.42. The van der Waals surface area contributed by atoms with Crippen LogP contribution >= 0.6 is 0 Å². The van der Waals surface area contributed by atoms with Crippen molar-refractivity contribution in [1.82, 2.24) is 9.97 Å². The van der Waals surface area contributed by atoms with Crippen LogP contribution in [0.4, 0.5) is 0 Å². The van der Waals surface area contributed by atoms with Gasteiger partial charge in [-0.3, -0.25) is 0 Å². The molecule has 0 amide bonds. The Hall–Kier alpha value is -5.02. The van der Waals surface area contributed by atoms with Gasteiger partial charge in [-0.15, -0.1) is 0 Å². The normalized spacial score (nSPS) is 9.50. The number of aromatic nitrogens is 2. The molecule has 5 aromatic rings. The molecule has 0 N–H and O–H groups in total. The van der Waals surface area contributed by atoms with Crippen LogP contribution in [-0.2, 0) is 0 Å². The van der Waals surface area contributed by atoms with Gasteiger partial charge in [-0.25, -0.2) is 9.97 Å². The van der Waals surface area contributed by atoms with Gasteiger partial charge in [0.2, 0.25) is 0 Å². The van der Waals surface area contributed by atoms with E-state index in [1.54, 1.807) is 0 Å². The second-order valence-electron chi connectivity index (χ2n) is 6.91. The van der Waals surface area contributed by atoms with Crippen molar-refractivity contribution < 1.29 is 0 Å². The summed E-state index contributed by atoms with van der Waals surface area (Å²) in [5.74, 6) is 0. The summed E-state index contributed by atoms with van der Waals surface area (Å²) in [6.45, 7) is 0. The third-order valence-electron chi connectivity index (χ3n) is 4.65. The van der Waals surface area contributed by atoms with Crippen LogP contribution in [0.1, 0.15) is 0 Å². The van der Waals surface area contributed by atoms with Crippen LogP contribution in [-0.4, -0.2) is 9.97 Å². The Bertz CT molecular complexity index is 1350. The molecule has 0 aliphatic carbocycles. The number of hydrogen-bond donors (Lipinski definition) is 0. The van der Waals surface area contributed by atoms with E-state index in [1.807, 2.05) is 84.9 Å². The summed E-state index contributed by atoms with van der Waals surface area (Å²) in [5, 5.41) is 3.35. The average Bonchev–Trinajstić information content (AvgIpc) is 2.85. The first-order chi connectivity index (χ1) is 15.8. The molecule has 5 rings (SSSR count). The molecule has 0 aliphatic rings. The maximum atomic E-state index is 4.57. The van der Waals surface area contributed by atoms with E-state index >= 15 is 0 Å². The molecular formula is C30H14N2. The highest BCUT2D eigenvalue weighted by molar-refractivity contribution is 5.79. The highest BCUT2D eigenvalue weighted by atomic mass is 14.7. The number of rotatable bonds is 0. The fraction of sp³-hybridized carbons (Fsp3) is 0. The monoisotopic (exact) mass is 402 g/mol. The molecule has 0 radical (unpaired) electrons. The molecule has 2 nitrogen and oxygen atoms in total. The van der Waals surface area contributed by atoms with Gasteiger partial charge in [-0.2, -0.15) is 0 Å². The van der Waals surface area contributed by atoms with Crippen molar-refractivity contribution >= 4 is 43.6 Å². The Morgan fingerprint density at radius 2 is 0.594 bits per heavy atom. The summed E-state index contributed by atoms with van der Waals surface area (Å²) >= 11 is 0. The van der Waals surface area contributed by atoms with Gasteiger partial charge in [0.25, 0.3) is 0 Å². The van der Waals surface area contributed by atoms with E-state index < -0.39 is 0 Å². The zero-order valence-electron chi connectivity index (χ0n) is 17.0. The second-order valence-corrected chi connectivity index (χ2v) is 6.91. The molecule has 0 atom stereocenters. The number of pyridine rings is 2. The van der Waals surface area contributed by atoms with Gasteiger partial charge in [0.1, 0.15) is 22.1 Å². The molecule has 0 saturated heterocycles. The molecule has 0 unspecified atom stereocenters. The summed E-state index contributed by atoms with van der Waals surface area (Å²) in [6.07, 6.45) is 0. The summed E-state index contributed by atoms with van der Waals surface area (Å²) in [6, 6.07) is 52.2. The second kappa shape index (κ2) is 8.78. The van der Waals surface area contributed by atoms with Crippen LogP contribution in [0.25, 0.3) is 43.6 Å². The topological polar surface area (TPSA) is 25.8 Å². The smallest absolute Gasteiger partial charge is 0.115 e. The van der Waals surface area contributed by atoms with Gasteiger partial charge in [0, 0.05) is 21.5 Å². The molecule has 0 aliphatic heterocycles. The first-order valence-corrected chi connectivity index (χ1v) is 10.0. The van der Waals surface area contributed by atoms with Crippen LogP contribution in [0, 0.1) is 48.5 Å². The van der Waals surface area contributed by atoms with Crippen molar-refractivity contribution in [3.05, 3.63) is 133 Å². The molecule has 144 valence electrons. The Morgan fingerprint density at radius 1 is 0.312 bits per heavy atom. The van der Waals surface area contributed by atoms with Gasteiger partial charge >= 0.3 is 0 Å². The Balaban J connectivity index is 1.87. The molecule has 2 aromatic carbocycles. The lowest BCUT2D eigenvalue weighted by molar-refractivity contribution is 1.48. The predicted molar refractivity (Wildman–Crippen MR) is 127 cm³/mol. The summed E-state index contributed by atoms with van der Waals surface area (Å²) in [5.41, 5.74) is 2.62. The van der Waals surface area contributed by atoms with Crippen molar-refractivity contribution in [3.63, 3.8) is 0 Å². The third-order valence-corrected chi connectivity index (χ3v) is 4.65. The molecule has 3 aromatic heterocycles. The fourth-order valence-electron chi connectivity index (χ4n) is 3.08. The lowest BCUT2D eigenvalue weighted by Crippen LogP contribution is -1.72. The van der Waals surface area contributed by atoms with Crippen LogP contribution < -0.4 is 0 Å². The molecule has 32 heavy (non-hydrogen) atoms. The van der Waals surface area contributed by atoms with Crippen molar-refractivity contribution in [2.24, 2.45) is 0 Å². The van der Waals surface area contributed by atoms with Crippen molar-refractivity contribution in [3.8, 4) is 0 Å². The maximum Gasteiger partial charge on any atom is 0.115 e. The molecule has 0 saturated carbocycles. The predicted octanol–water partition coefficient (Wildman–Crippen LogP) is 6.30. The molecule has 0 fully saturated rings. The maximum absolute atomic E-state index is 4.57. The largest absolute Gasteiger partial charge is 0.231 e. The SMILES string of the molecule is c1c2cccc(c#cc3ccccc3c#cc3cccc(c#cc4ccccc4c#1)n3)n2. The number of fused-ring (bicyclic) bond motifs is 6. The minimum absolute atomic E-state index is 0.656. The van der Waals surface area contributed by atoms with E-state index in [9.17, 15) is 0 Å². The molecule has 4 bridgehead atoms. The lowest BCUT2D eigenvalue weighted by Gasteiger charge is -1.87. The average molecular weight is 402 g/mol. The van der Waals surface area contributed by atoms with Crippen molar-refractivity contribution in [2.45, 2.75) is 0 Å². The summed E-state index contributed by atoms with van der Waals surface area (Å²) < 4.78 is 0. The van der Waals surface area contributed by atoms with E-state index in [0.29, 0.717) is 22.1 Å². The standard InChI is InChI=1S/C30H14N2/c1-2-8-24-16-20-28-12-6-14-30(32-28)22-18-26-10-4-3-9-25(26)17-21-29-13-5-11-27(31-29)19-15-23(24)7-1/h1-14H. The molecule has 0 spiro atoms. The van der Waals surface area contributed by atoms with Crippen molar-refractivity contribution in [2.75, 3.05) is 0 Å². The summed E-state index contributed by atoms with van der Waals surface area (Å²) in [4.78, 5) is 9.14. The number of nitrogens with zero attached hydrogens (tertiary/aromatic N) is 2. The van der Waals surface area contributed by atoms with Gasteiger partial charge < -0.3 is 0 Å². The quantitative estimate of drug-likeness (QED) is 0.304. The van der Waals surface area contributed by atoms with Crippen LogP contribution in [0.5, 0.6) is 0 Å². The zero-order chi connectivity index (χ0) is 21.6. The van der Waals surface area contributed by atoms with Gasteiger partial charge in [0.15, 0.2) is 0 Å². The zero-order valence-corrected chi connectivity index (χ0v) is 17.0. The highest BCUT2D eigenvalue weighted by Gasteiger charge is 1.88. The Labute approximate surface area is 187 Å². The lowest BCUT2D eigenvalue weighted by atomic mass is 10.2. The number of hydrogen-bond acceptors (Lipinski definition) is 2. The number of benzene rings is 2. The van der Waals surface area contributed by atoms with E-state index in [4.69, 9.17) is 0 Å². The van der Waals surface area contributed by atoms with Crippen LogP contribution in [0.3, 0.4) is 0 Å². The minimum Gasteiger partial charge on any atom is -0.231 e. The van der Waals surface area contributed by atoms with E-state index in [1.165, 1.54) is 0 Å². The van der Waals surface area contributed by atoms with E-state index in [-0.39, 0.29) is 0 Å². The van der Waals surface area contributed by atoms with Crippen LogP contribution in [0.2, 0.25) is 0 Å². The van der Waals surface area contributed by atoms with Crippen LogP contribution in [0.15, 0.2) is 84.9 Å². The molecule has 3 heterocycles. The fourth-order valence-corrected chi connectivity index (χ4v) is 3.08. The van der Waals surface area contributed by atoms with Gasteiger partial charge in [0.05, 0.1) is 0 Å². The van der Waals surface area contributed by atoms with Crippen molar-refractivity contribution in [1.29, 1.82) is 0 Å². The van der Waals surface area contributed by atoms with E-state index in [0.717, 1.165) is 21.5 Å².